The number of aromatic nitrogens is 4. The number of hydrogen-bond acceptors (Lipinski definition) is 5. The van der Waals surface area contributed by atoms with E-state index in [0.717, 1.165) is 5.69 Å². The number of benzene rings is 1. The summed E-state index contributed by atoms with van der Waals surface area (Å²) in [5.74, 6) is -0.103. The van der Waals surface area contributed by atoms with Crippen molar-refractivity contribution in [1.29, 1.82) is 0 Å². The minimum atomic E-state index is -0.282. The molecule has 0 unspecified atom stereocenters. The zero-order chi connectivity index (χ0) is 19.8. The van der Waals surface area contributed by atoms with Crippen molar-refractivity contribution in [2.45, 2.75) is 6.54 Å². The Bertz CT molecular complexity index is 1100. The largest absolute Gasteiger partial charge is 0.368 e. The minimum Gasteiger partial charge on any atom is -0.368 e. The maximum Gasteiger partial charge on any atom is 0.266 e. The molecule has 8 nitrogen and oxygen atoms in total. The Hall–Kier alpha value is -2.39. The smallest absolute Gasteiger partial charge is 0.266 e. The van der Waals surface area contributed by atoms with E-state index in [-0.39, 0.29) is 18.0 Å². The fourth-order valence-electron chi connectivity index (χ4n) is 3.38. The van der Waals surface area contributed by atoms with Crippen LogP contribution in [0.4, 0.5) is 5.69 Å². The average Bonchev–Trinajstić information content (AvgIpc) is 2.98. The lowest BCUT2D eigenvalue weighted by atomic mass is 10.2. The number of rotatable bonds is 3. The second-order valence-electron chi connectivity index (χ2n) is 6.64. The molecule has 0 atom stereocenters. The van der Waals surface area contributed by atoms with Gasteiger partial charge in [-0.05, 0) is 34.1 Å². The first-order valence-electron chi connectivity index (χ1n) is 8.80. The van der Waals surface area contributed by atoms with E-state index in [1.165, 1.54) is 15.6 Å². The van der Waals surface area contributed by atoms with Crippen molar-refractivity contribution in [3.8, 4) is 0 Å². The van der Waals surface area contributed by atoms with Crippen LogP contribution in [0.2, 0.25) is 5.02 Å². The lowest BCUT2D eigenvalue weighted by molar-refractivity contribution is -0.132. The maximum atomic E-state index is 12.7. The molecule has 1 amide bonds. The predicted octanol–water partition coefficient (Wildman–Crippen LogP) is 1.89. The zero-order valence-corrected chi connectivity index (χ0v) is 17.5. The van der Waals surface area contributed by atoms with Gasteiger partial charge in [0.15, 0.2) is 5.65 Å². The van der Waals surface area contributed by atoms with Crippen LogP contribution in [0.25, 0.3) is 11.0 Å². The molecular weight excluding hydrogens is 448 g/mol. The standard InChI is InChI=1S/C18H18BrClN6O2/c1-23-17-15(16(19)22-23)18(28)26(11-21-17)10-14(27)25-7-5-24(6-8-25)13-4-2-3-12(20)9-13/h2-4,9,11H,5-8,10H2,1H3. The Morgan fingerprint density at radius 1 is 1.25 bits per heavy atom. The molecule has 146 valence electrons. The zero-order valence-electron chi connectivity index (χ0n) is 15.2. The molecule has 1 aliphatic heterocycles. The van der Waals surface area contributed by atoms with Crippen molar-refractivity contribution in [3.05, 3.63) is 50.6 Å². The van der Waals surface area contributed by atoms with Crippen molar-refractivity contribution in [3.63, 3.8) is 0 Å². The molecule has 3 aromatic rings. The molecule has 1 fully saturated rings. The molecule has 0 aliphatic carbocycles. The van der Waals surface area contributed by atoms with E-state index in [1.807, 2.05) is 24.3 Å². The highest BCUT2D eigenvalue weighted by Crippen LogP contribution is 2.21. The molecule has 1 saturated heterocycles. The lowest BCUT2D eigenvalue weighted by Crippen LogP contribution is -2.50. The summed E-state index contributed by atoms with van der Waals surface area (Å²) in [6.07, 6.45) is 1.40. The molecule has 0 bridgehead atoms. The first-order valence-corrected chi connectivity index (χ1v) is 9.97. The number of carbonyl (C=O) groups is 1. The van der Waals surface area contributed by atoms with Crippen molar-refractivity contribution in [2.75, 3.05) is 31.1 Å². The van der Waals surface area contributed by atoms with Crippen LogP contribution in [-0.2, 0) is 18.4 Å². The summed E-state index contributed by atoms with van der Waals surface area (Å²) in [4.78, 5) is 33.6. The van der Waals surface area contributed by atoms with Crippen molar-refractivity contribution >= 4 is 50.2 Å². The van der Waals surface area contributed by atoms with E-state index in [9.17, 15) is 9.59 Å². The summed E-state index contributed by atoms with van der Waals surface area (Å²) in [5, 5.41) is 5.22. The van der Waals surface area contributed by atoms with Crippen LogP contribution in [0.15, 0.2) is 40.0 Å². The molecule has 1 aromatic carbocycles. The van der Waals surface area contributed by atoms with Crippen LogP contribution in [0, 0.1) is 0 Å². The molecule has 0 N–H and O–H groups in total. The number of amides is 1. The van der Waals surface area contributed by atoms with Crippen LogP contribution >= 0.6 is 27.5 Å². The number of fused-ring (bicyclic) bond motifs is 1. The second-order valence-corrected chi connectivity index (χ2v) is 7.83. The predicted molar refractivity (Wildman–Crippen MR) is 111 cm³/mol. The van der Waals surface area contributed by atoms with Crippen molar-refractivity contribution in [2.24, 2.45) is 7.05 Å². The third-order valence-electron chi connectivity index (χ3n) is 4.88. The van der Waals surface area contributed by atoms with Gasteiger partial charge in [0.2, 0.25) is 5.91 Å². The van der Waals surface area contributed by atoms with Gasteiger partial charge in [0.25, 0.3) is 5.56 Å². The highest BCUT2D eigenvalue weighted by atomic mass is 79.9. The average molecular weight is 466 g/mol. The fraction of sp³-hybridized carbons (Fsp3) is 0.333. The van der Waals surface area contributed by atoms with Gasteiger partial charge in [0.05, 0.1) is 0 Å². The number of carbonyl (C=O) groups excluding carboxylic acids is 1. The van der Waals surface area contributed by atoms with Crippen molar-refractivity contribution < 1.29 is 4.79 Å². The van der Waals surface area contributed by atoms with Crippen LogP contribution in [-0.4, -0.2) is 56.3 Å². The van der Waals surface area contributed by atoms with Crippen LogP contribution < -0.4 is 10.5 Å². The molecule has 0 spiro atoms. The van der Waals surface area contributed by atoms with Crippen LogP contribution in [0.5, 0.6) is 0 Å². The van der Waals surface area contributed by atoms with Crippen LogP contribution in [0.3, 0.4) is 0 Å². The lowest BCUT2D eigenvalue weighted by Gasteiger charge is -2.36. The quantitative estimate of drug-likeness (QED) is 0.590. The number of nitrogens with zero attached hydrogens (tertiary/aromatic N) is 6. The monoisotopic (exact) mass is 464 g/mol. The summed E-state index contributed by atoms with van der Waals surface area (Å²) in [6, 6.07) is 7.69. The Balaban J connectivity index is 1.45. The van der Waals surface area contributed by atoms with E-state index in [2.05, 4.69) is 30.9 Å². The van der Waals surface area contributed by atoms with Gasteiger partial charge < -0.3 is 9.80 Å². The van der Waals surface area contributed by atoms with E-state index < -0.39 is 0 Å². The molecule has 28 heavy (non-hydrogen) atoms. The van der Waals surface area contributed by atoms with E-state index in [0.29, 0.717) is 46.8 Å². The van der Waals surface area contributed by atoms with Gasteiger partial charge in [0, 0.05) is 43.9 Å². The molecule has 1 aliphatic rings. The topological polar surface area (TPSA) is 76.3 Å². The summed E-state index contributed by atoms with van der Waals surface area (Å²) in [5.41, 5.74) is 1.25. The summed E-state index contributed by atoms with van der Waals surface area (Å²) in [7, 11) is 1.72. The Morgan fingerprint density at radius 3 is 2.71 bits per heavy atom. The summed E-state index contributed by atoms with van der Waals surface area (Å²) in [6.45, 7) is 2.57. The molecule has 2 aromatic heterocycles. The first-order chi connectivity index (χ1) is 13.4. The third-order valence-corrected chi connectivity index (χ3v) is 5.67. The number of piperazine rings is 1. The normalized spacial score (nSPS) is 14.7. The summed E-state index contributed by atoms with van der Waals surface area (Å²) < 4.78 is 3.29. The molecule has 10 heteroatoms. The number of anilines is 1. The maximum absolute atomic E-state index is 12.7. The summed E-state index contributed by atoms with van der Waals surface area (Å²) >= 11 is 9.35. The van der Waals surface area contributed by atoms with Gasteiger partial charge in [0.1, 0.15) is 22.9 Å². The number of hydrogen-bond donors (Lipinski definition) is 0. The van der Waals surface area contributed by atoms with Gasteiger partial charge in [-0.1, -0.05) is 17.7 Å². The minimum absolute atomic E-state index is 0.0414. The Kier molecular flexibility index (Phi) is 5.11. The fourth-order valence-corrected chi connectivity index (χ4v) is 4.15. The Labute approximate surface area is 174 Å². The Morgan fingerprint density at radius 2 is 2.00 bits per heavy atom. The van der Waals surface area contributed by atoms with Crippen molar-refractivity contribution in [1.82, 2.24) is 24.2 Å². The van der Waals surface area contributed by atoms with E-state index in [1.54, 1.807) is 11.9 Å². The SMILES string of the molecule is Cn1nc(Br)c2c(=O)n(CC(=O)N3CCN(c4cccc(Cl)c4)CC3)cnc21. The van der Waals surface area contributed by atoms with Gasteiger partial charge in [-0.3, -0.25) is 14.2 Å². The molecule has 0 radical (unpaired) electrons. The molecule has 3 heterocycles. The molecule has 0 saturated carbocycles. The van der Waals surface area contributed by atoms with Gasteiger partial charge in [-0.2, -0.15) is 5.10 Å². The molecular formula is C18H18BrClN6O2. The number of aryl methyl sites for hydroxylation is 1. The van der Waals surface area contributed by atoms with Gasteiger partial charge in [-0.15, -0.1) is 0 Å². The first kappa shape index (κ1) is 18.9. The number of halogens is 2. The highest BCUT2D eigenvalue weighted by Gasteiger charge is 2.23. The third kappa shape index (κ3) is 3.51. The van der Waals surface area contributed by atoms with E-state index >= 15 is 0 Å². The van der Waals surface area contributed by atoms with Crippen LogP contribution in [0.1, 0.15) is 0 Å². The van der Waals surface area contributed by atoms with E-state index in [4.69, 9.17) is 11.6 Å². The highest BCUT2D eigenvalue weighted by molar-refractivity contribution is 9.10. The molecule has 4 rings (SSSR count). The second kappa shape index (κ2) is 7.56. The van der Waals surface area contributed by atoms with Gasteiger partial charge in [-0.25, -0.2) is 9.67 Å². The van der Waals surface area contributed by atoms with Gasteiger partial charge >= 0.3 is 0 Å².